The molecule has 2 heterocycles. The van der Waals surface area contributed by atoms with Gasteiger partial charge in [-0.15, -0.1) is 11.3 Å². The van der Waals surface area contributed by atoms with E-state index in [0.29, 0.717) is 31.8 Å². The van der Waals surface area contributed by atoms with Crippen LogP contribution in [-0.4, -0.2) is 59.6 Å². The van der Waals surface area contributed by atoms with Gasteiger partial charge in [0, 0.05) is 44.0 Å². The van der Waals surface area contributed by atoms with Crippen molar-refractivity contribution in [2.45, 2.75) is 13.5 Å². The van der Waals surface area contributed by atoms with Crippen molar-refractivity contribution >= 4 is 39.2 Å². The molecule has 8 heteroatoms. The highest BCUT2D eigenvalue weighted by molar-refractivity contribution is 7.16. The lowest BCUT2D eigenvalue weighted by Crippen LogP contribution is -2.48. The summed E-state index contributed by atoms with van der Waals surface area (Å²) < 4.78 is 6.23. The zero-order valence-corrected chi connectivity index (χ0v) is 21.0. The maximum Gasteiger partial charge on any atom is 0.409 e. The predicted octanol–water partition coefficient (Wildman–Crippen LogP) is 5.49. The molecule has 1 aliphatic heterocycles. The molecule has 3 aromatic carbocycles. The van der Waals surface area contributed by atoms with Crippen molar-refractivity contribution in [2.75, 3.05) is 38.1 Å². The van der Waals surface area contributed by atoms with E-state index in [1.807, 2.05) is 61.5 Å². The van der Waals surface area contributed by atoms with E-state index >= 15 is 0 Å². The van der Waals surface area contributed by atoms with Gasteiger partial charge in [-0.05, 0) is 53.9 Å². The number of aromatic nitrogens is 1. The van der Waals surface area contributed by atoms with Crippen LogP contribution in [0.5, 0.6) is 0 Å². The van der Waals surface area contributed by atoms with Crippen molar-refractivity contribution in [3.63, 3.8) is 0 Å². The van der Waals surface area contributed by atoms with E-state index in [1.165, 1.54) is 0 Å². The lowest BCUT2D eigenvalue weighted by Gasteiger charge is -2.34. The standard InChI is InChI=1S/C28H28N4O3S/c1-2-35-28(34)32-14-12-31(13-15-32)18-22-16-21(8-10-24(22)20-6-4-3-5-7-20)27(33)30-23-9-11-26-25(17-23)29-19-36-26/h3-11,16-17,19H,2,12-15,18H2,1H3,(H,30,33). The third-order valence-electron chi connectivity index (χ3n) is 6.33. The molecular formula is C28H28N4O3S. The van der Waals surface area contributed by atoms with Crippen LogP contribution in [0, 0.1) is 0 Å². The normalized spacial score (nSPS) is 14.1. The summed E-state index contributed by atoms with van der Waals surface area (Å²) in [6.07, 6.45) is -0.253. The number of fused-ring (bicyclic) bond motifs is 1. The van der Waals surface area contributed by atoms with Crippen LogP contribution in [0.15, 0.2) is 72.2 Å². The Hall–Kier alpha value is -3.75. The fourth-order valence-corrected chi connectivity index (χ4v) is 5.11. The number of ether oxygens (including phenoxy) is 1. The number of nitrogens with zero attached hydrogens (tertiary/aromatic N) is 3. The summed E-state index contributed by atoms with van der Waals surface area (Å²) in [5.74, 6) is -0.155. The summed E-state index contributed by atoms with van der Waals surface area (Å²) >= 11 is 1.58. The molecular weight excluding hydrogens is 472 g/mol. The summed E-state index contributed by atoms with van der Waals surface area (Å²) in [6, 6.07) is 21.9. The SMILES string of the molecule is CCOC(=O)N1CCN(Cc2cc(C(=O)Nc3ccc4scnc4c3)ccc2-c2ccccc2)CC1. The molecule has 2 amide bonds. The molecule has 0 atom stereocenters. The highest BCUT2D eigenvalue weighted by Gasteiger charge is 2.23. The Kier molecular flexibility index (Phi) is 7.25. The van der Waals surface area contributed by atoms with Crippen molar-refractivity contribution in [1.29, 1.82) is 0 Å². The van der Waals surface area contributed by atoms with Gasteiger partial charge in [-0.3, -0.25) is 9.69 Å². The van der Waals surface area contributed by atoms with E-state index in [4.69, 9.17) is 4.74 Å². The van der Waals surface area contributed by atoms with Gasteiger partial charge in [0.15, 0.2) is 0 Å². The maximum atomic E-state index is 13.2. The zero-order valence-electron chi connectivity index (χ0n) is 20.1. The average molecular weight is 501 g/mol. The number of carbonyl (C=O) groups excluding carboxylic acids is 2. The largest absolute Gasteiger partial charge is 0.450 e. The topological polar surface area (TPSA) is 74.8 Å². The van der Waals surface area contributed by atoms with E-state index in [-0.39, 0.29) is 12.0 Å². The molecule has 0 aliphatic carbocycles. The molecule has 0 spiro atoms. The van der Waals surface area contributed by atoms with Gasteiger partial charge >= 0.3 is 6.09 Å². The van der Waals surface area contributed by atoms with Gasteiger partial charge in [0.25, 0.3) is 5.91 Å². The van der Waals surface area contributed by atoms with Crippen LogP contribution in [0.3, 0.4) is 0 Å². The molecule has 1 aliphatic rings. The highest BCUT2D eigenvalue weighted by Crippen LogP contribution is 2.27. The Labute approximate surface area is 214 Å². The first-order valence-electron chi connectivity index (χ1n) is 12.1. The summed E-state index contributed by atoms with van der Waals surface area (Å²) in [4.78, 5) is 33.6. The monoisotopic (exact) mass is 500 g/mol. The molecule has 1 saturated heterocycles. The lowest BCUT2D eigenvalue weighted by atomic mass is 9.96. The average Bonchev–Trinajstić information content (AvgIpc) is 3.38. The molecule has 0 bridgehead atoms. The number of hydrogen-bond donors (Lipinski definition) is 1. The Balaban J connectivity index is 1.36. The van der Waals surface area contributed by atoms with Gasteiger partial charge in [-0.1, -0.05) is 36.4 Å². The quantitative estimate of drug-likeness (QED) is 0.379. The molecule has 0 saturated carbocycles. The first-order chi connectivity index (χ1) is 17.6. The Morgan fingerprint density at radius 2 is 1.81 bits per heavy atom. The minimum Gasteiger partial charge on any atom is -0.450 e. The van der Waals surface area contributed by atoms with Crippen molar-refractivity contribution in [1.82, 2.24) is 14.8 Å². The molecule has 7 nitrogen and oxygen atoms in total. The predicted molar refractivity (Wildman–Crippen MR) is 143 cm³/mol. The number of piperazine rings is 1. The van der Waals surface area contributed by atoms with Gasteiger partial charge in [0.05, 0.1) is 22.3 Å². The number of anilines is 1. The number of benzene rings is 3. The van der Waals surface area contributed by atoms with Crippen LogP contribution in [-0.2, 0) is 11.3 Å². The number of hydrogen-bond acceptors (Lipinski definition) is 6. The summed E-state index contributed by atoms with van der Waals surface area (Å²) in [6.45, 7) is 5.63. The summed E-state index contributed by atoms with van der Waals surface area (Å²) in [5.41, 5.74) is 7.29. The number of thiazole rings is 1. The van der Waals surface area contributed by atoms with Gasteiger partial charge < -0.3 is 15.0 Å². The first kappa shape index (κ1) is 24.0. The molecule has 1 aromatic heterocycles. The first-order valence-corrected chi connectivity index (χ1v) is 13.0. The summed E-state index contributed by atoms with van der Waals surface area (Å²) in [5, 5.41) is 3.01. The Morgan fingerprint density at radius 1 is 1.00 bits per heavy atom. The molecule has 4 aromatic rings. The van der Waals surface area contributed by atoms with Crippen molar-refractivity contribution in [3.8, 4) is 11.1 Å². The summed E-state index contributed by atoms with van der Waals surface area (Å²) in [7, 11) is 0. The molecule has 1 fully saturated rings. The molecule has 36 heavy (non-hydrogen) atoms. The number of rotatable bonds is 6. The van der Waals surface area contributed by atoms with Gasteiger partial charge in [0.1, 0.15) is 0 Å². The zero-order chi connectivity index (χ0) is 24.9. The fourth-order valence-electron chi connectivity index (χ4n) is 4.45. The van der Waals surface area contributed by atoms with E-state index in [0.717, 1.165) is 45.7 Å². The van der Waals surface area contributed by atoms with Crippen molar-refractivity contribution < 1.29 is 14.3 Å². The van der Waals surface area contributed by atoms with Crippen LogP contribution in [0.25, 0.3) is 21.3 Å². The third-order valence-corrected chi connectivity index (χ3v) is 7.14. The number of amides is 2. The Bertz CT molecular complexity index is 1360. The lowest BCUT2D eigenvalue weighted by molar-refractivity contribution is 0.0778. The molecule has 184 valence electrons. The minimum absolute atomic E-state index is 0.155. The second kappa shape index (κ2) is 10.9. The minimum atomic E-state index is -0.253. The van der Waals surface area contributed by atoms with Crippen LogP contribution in [0.1, 0.15) is 22.8 Å². The van der Waals surface area contributed by atoms with Crippen LogP contribution in [0.2, 0.25) is 0 Å². The van der Waals surface area contributed by atoms with E-state index in [2.05, 4.69) is 27.3 Å². The molecule has 1 N–H and O–H groups in total. The van der Waals surface area contributed by atoms with E-state index in [1.54, 1.807) is 21.7 Å². The maximum absolute atomic E-state index is 13.2. The van der Waals surface area contributed by atoms with Crippen molar-refractivity contribution in [2.24, 2.45) is 0 Å². The molecule has 0 unspecified atom stereocenters. The number of nitrogens with one attached hydrogen (secondary N) is 1. The molecule has 0 radical (unpaired) electrons. The van der Waals surface area contributed by atoms with E-state index < -0.39 is 0 Å². The number of carbonyl (C=O) groups is 2. The van der Waals surface area contributed by atoms with Gasteiger partial charge in [0.2, 0.25) is 0 Å². The van der Waals surface area contributed by atoms with Crippen molar-refractivity contribution in [3.05, 3.63) is 83.4 Å². The van der Waals surface area contributed by atoms with Gasteiger partial charge in [-0.25, -0.2) is 9.78 Å². The Morgan fingerprint density at radius 3 is 2.58 bits per heavy atom. The van der Waals surface area contributed by atoms with Crippen LogP contribution < -0.4 is 5.32 Å². The second-order valence-corrected chi connectivity index (χ2v) is 9.58. The van der Waals surface area contributed by atoms with Crippen LogP contribution in [0.4, 0.5) is 10.5 Å². The molecule has 5 rings (SSSR count). The smallest absolute Gasteiger partial charge is 0.409 e. The van der Waals surface area contributed by atoms with E-state index in [9.17, 15) is 9.59 Å². The fraction of sp³-hybridized carbons (Fsp3) is 0.250. The van der Waals surface area contributed by atoms with Crippen LogP contribution >= 0.6 is 11.3 Å². The highest BCUT2D eigenvalue weighted by atomic mass is 32.1. The second-order valence-electron chi connectivity index (χ2n) is 8.69. The van der Waals surface area contributed by atoms with Gasteiger partial charge in [-0.2, -0.15) is 0 Å². The third kappa shape index (κ3) is 5.40.